The van der Waals surface area contributed by atoms with Crippen LogP contribution in [0.3, 0.4) is 0 Å². The predicted molar refractivity (Wildman–Crippen MR) is 76.6 cm³/mol. The molecule has 0 radical (unpaired) electrons. The van der Waals surface area contributed by atoms with Crippen molar-refractivity contribution in [1.29, 1.82) is 0 Å². The Morgan fingerprint density at radius 2 is 2.25 bits per heavy atom. The molecule has 0 spiro atoms. The standard InChI is InChI=1S/C15H20N2O3/c1-10-13(7-8-16-10)15(20)17-12-4-2-3-11(9-12)5-6-14(18)19/h2-4,9-10,13,16H,5-8H2,1H3,(H,17,20)(H,18,19). The van der Waals surface area contributed by atoms with Crippen LogP contribution in [0, 0.1) is 5.92 Å². The van der Waals surface area contributed by atoms with Gasteiger partial charge in [-0.3, -0.25) is 9.59 Å². The first kappa shape index (κ1) is 14.5. The van der Waals surface area contributed by atoms with Crippen molar-refractivity contribution in [1.82, 2.24) is 5.32 Å². The highest BCUT2D eigenvalue weighted by molar-refractivity contribution is 5.93. The Labute approximate surface area is 118 Å². The van der Waals surface area contributed by atoms with Gasteiger partial charge in [-0.15, -0.1) is 0 Å². The fourth-order valence-corrected chi connectivity index (χ4v) is 2.51. The van der Waals surface area contributed by atoms with Crippen LogP contribution in [-0.2, 0) is 16.0 Å². The van der Waals surface area contributed by atoms with Gasteiger partial charge in [0.15, 0.2) is 0 Å². The molecule has 1 saturated heterocycles. The second-order valence-corrected chi connectivity index (χ2v) is 5.22. The van der Waals surface area contributed by atoms with Gasteiger partial charge in [-0.25, -0.2) is 0 Å². The molecule has 2 rings (SSSR count). The van der Waals surface area contributed by atoms with Crippen molar-refractivity contribution in [2.45, 2.75) is 32.2 Å². The number of carbonyl (C=O) groups excluding carboxylic acids is 1. The number of carbonyl (C=O) groups is 2. The number of hydrogen-bond donors (Lipinski definition) is 3. The first-order chi connectivity index (χ1) is 9.56. The summed E-state index contributed by atoms with van der Waals surface area (Å²) in [6, 6.07) is 7.58. The van der Waals surface area contributed by atoms with Gasteiger partial charge in [-0.1, -0.05) is 12.1 Å². The molecule has 1 heterocycles. The molecule has 0 aliphatic carbocycles. The van der Waals surface area contributed by atoms with Crippen LogP contribution in [-0.4, -0.2) is 29.6 Å². The minimum absolute atomic E-state index is 0.00215. The van der Waals surface area contributed by atoms with E-state index in [1.807, 2.05) is 31.2 Å². The summed E-state index contributed by atoms with van der Waals surface area (Å²) in [7, 11) is 0. The monoisotopic (exact) mass is 276 g/mol. The third-order valence-corrected chi connectivity index (χ3v) is 3.68. The fourth-order valence-electron chi connectivity index (χ4n) is 2.51. The second kappa shape index (κ2) is 6.52. The number of benzene rings is 1. The molecule has 20 heavy (non-hydrogen) atoms. The van der Waals surface area contributed by atoms with Crippen LogP contribution < -0.4 is 10.6 Å². The number of carboxylic acid groups (broad SMARTS) is 1. The Morgan fingerprint density at radius 1 is 1.45 bits per heavy atom. The molecule has 1 aromatic carbocycles. The zero-order valence-electron chi connectivity index (χ0n) is 11.6. The van der Waals surface area contributed by atoms with Crippen molar-refractivity contribution >= 4 is 17.6 Å². The lowest BCUT2D eigenvalue weighted by Crippen LogP contribution is -2.32. The first-order valence-corrected chi connectivity index (χ1v) is 6.91. The Balaban J connectivity index is 1.96. The van der Waals surface area contributed by atoms with Crippen LogP contribution in [0.15, 0.2) is 24.3 Å². The zero-order valence-corrected chi connectivity index (χ0v) is 11.6. The molecule has 5 heteroatoms. The molecule has 1 fully saturated rings. The molecule has 1 aliphatic rings. The molecule has 1 aliphatic heterocycles. The van der Waals surface area contributed by atoms with E-state index in [0.29, 0.717) is 6.42 Å². The second-order valence-electron chi connectivity index (χ2n) is 5.22. The van der Waals surface area contributed by atoms with Crippen LogP contribution in [0.25, 0.3) is 0 Å². The molecule has 1 aromatic rings. The summed E-state index contributed by atoms with van der Waals surface area (Å²) in [6.45, 7) is 2.89. The molecule has 108 valence electrons. The smallest absolute Gasteiger partial charge is 0.303 e. The largest absolute Gasteiger partial charge is 0.481 e. The quantitative estimate of drug-likeness (QED) is 0.764. The van der Waals surface area contributed by atoms with E-state index in [1.165, 1.54) is 0 Å². The van der Waals surface area contributed by atoms with Gasteiger partial charge in [0.25, 0.3) is 0 Å². The van der Waals surface area contributed by atoms with Crippen LogP contribution in [0.4, 0.5) is 5.69 Å². The zero-order chi connectivity index (χ0) is 14.5. The van der Waals surface area contributed by atoms with Gasteiger partial charge < -0.3 is 15.7 Å². The van der Waals surface area contributed by atoms with Gasteiger partial charge in [0, 0.05) is 18.2 Å². The highest BCUT2D eigenvalue weighted by Gasteiger charge is 2.29. The van der Waals surface area contributed by atoms with E-state index in [4.69, 9.17) is 5.11 Å². The van der Waals surface area contributed by atoms with Crippen LogP contribution >= 0.6 is 0 Å². The maximum absolute atomic E-state index is 12.2. The molecular formula is C15H20N2O3. The molecule has 2 unspecified atom stereocenters. The summed E-state index contributed by atoms with van der Waals surface area (Å²) < 4.78 is 0. The lowest BCUT2D eigenvalue weighted by Gasteiger charge is -2.15. The van der Waals surface area contributed by atoms with Crippen molar-refractivity contribution in [2.75, 3.05) is 11.9 Å². The van der Waals surface area contributed by atoms with Gasteiger partial charge >= 0.3 is 5.97 Å². The summed E-state index contributed by atoms with van der Waals surface area (Å²) in [5.41, 5.74) is 1.65. The lowest BCUT2D eigenvalue weighted by atomic mass is 10.0. The highest BCUT2D eigenvalue weighted by Crippen LogP contribution is 2.19. The number of anilines is 1. The molecule has 0 aromatic heterocycles. The fraction of sp³-hybridized carbons (Fsp3) is 0.467. The molecule has 2 atom stereocenters. The van der Waals surface area contributed by atoms with Crippen molar-refractivity contribution in [2.24, 2.45) is 5.92 Å². The minimum atomic E-state index is -0.815. The first-order valence-electron chi connectivity index (χ1n) is 6.91. The summed E-state index contributed by atoms with van der Waals surface area (Å²) >= 11 is 0. The number of amides is 1. The predicted octanol–water partition coefficient (Wildman–Crippen LogP) is 1.64. The number of nitrogens with one attached hydrogen (secondary N) is 2. The summed E-state index contributed by atoms with van der Waals surface area (Å²) in [5.74, 6) is -0.791. The van der Waals surface area contributed by atoms with E-state index in [-0.39, 0.29) is 24.3 Å². The van der Waals surface area contributed by atoms with E-state index in [2.05, 4.69) is 10.6 Å². The van der Waals surface area contributed by atoms with Gasteiger partial charge in [0.05, 0.1) is 5.92 Å². The molecule has 0 saturated carbocycles. The third kappa shape index (κ3) is 3.81. The average Bonchev–Trinajstić information content (AvgIpc) is 2.83. The maximum Gasteiger partial charge on any atom is 0.303 e. The van der Waals surface area contributed by atoms with Gasteiger partial charge in [0.2, 0.25) is 5.91 Å². The van der Waals surface area contributed by atoms with E-state index in [1.54, 1.807) is 0 Å². The molecule has 3 N–H and O–H groups in total. The Kier molecular flexibility index (Phi) is 4.74. The van der Waals surface area contributed by atoms with Gasteiger partial charge in [-0.05, 0) is 44.0 Å². The minimum Gasteiger partial charge on any atom is -0.481 e. The van der Waals surface area contributed by atoms with Crippen LogP contribution in [0.1, 0.15) is 25.3 Å². The van der Waals surface area contributed by atoms with E-state index >= 15 is 0 Å². The summed E-state index contributed by atoms with van der Waals surface area (Å²) in [4.78, 5) is 22.7. The SMILES string of the molecule is CC1NCCC1C(=O)Nc1cccc(CCC(=O)O)c1. The van der Waals surface area contributed by atoms with E-state index < -0.39 is 5.97 Å². The molecular weight excluding hydrogens is 256 g/mol. The number of aryl methyl sites for hydroxylation is 1. The van der Waals surface area contributed by atoms with Crippen LogP contribution in [0.2, 0.25) is 0 Å². The Morgan fingerprint density at radius 3 is 2.90 bits per heavy atom. The average molecular weight is 276 g/mol. The van der Waals surface area contributed by atoms with Crippen molar-refractivity contribution in [3.63, 3.8) is 0 Å². The number of carboxylic acids is 1. The number of aliphatic carboxylic acids is 1. The number of rotatable bonds is 5. The topological polar surface area (TPSA) is 78.4 Å². The maximum atomic E-state index is 12.2. The van der Waals surface area contributed by atoms with E-state index in [0.717, 1.165) is 24.2 Å². The summed E-state index contributed by atoms with van der Waals surface area (Å²) in [5, 5.41) is 14.9. The van der Waals surface area contributed by atoms with Crippen molar-refractivity contribution < 1.29 is 14.7 Å². The normalized spacial score (nSPS) is 21.6. The van der Waals surface area contributed by atoms with E-state index in [9.17, 15) is 9.59 Å². The molecule has 5 nitrogen and oxygen atoms in total. The molecule has 0 bridgehead atoms. The Bertz CT molecular complexity index is 502. The Hall–Kier alpha value is -1.88. The van der Waals surface area contributed by atoms with Gasteiger partial charge in [-0.2, -0.15) is 0 Å². The lowest BCUT2D eigenvalue weighted by molar-refractivity contribution is -0.137. The van der Waals surface area contributed by atoms with Gasteiger partial charge in [0.1, 0.15) is 0 Å². The highest BCUT2D eigenvalue weighted by atomic mass is 16.4. The molecule has 1 amide bonds. The third-order valence-electron chi connectivity index (χ3n) is 3.68. The van der Waals surface area contributed by atoms with Crippen molar-refractivity contribution in [3.8, 4) is 0 Å². The summed E-state index contributed by atoms with van der Waals surface area (Å²) in [6.07, 6.45) is 1.42. The van der Waals surface area contributed by atoms with Crippen molar-refractivity contribution in [3.05, 3.63) is 29.8 Å². The number of hydrogen-bond acceptors (Lipinski definition) is 3. The van der Waals surface area contributed by atoms with Crippen LogP contribution in [0.5, 0.6) is 0 Å².